The van der Waals surface area contributed by atoms with Crippen LogP contribution < -0.4 is 0 Å². The van der Waals surface area contributed by atoms with E-state index in [1.807, 2.05) is 44.4 Å². The Morgan fingerprint density at radius 2 is 1.75 bits per heavy atom. The van der Waals surface area contributed by atoms with E-state index in [-0.39, 0.29) is 0 Å². The van der Waals surface area contributed by atoms with Gasteiger partial charge in [0.25, 0.3) is 0 Å². The summed E-state index contributed by atoms with van der Waals surface area (Å²) in [6.45, 7) is 4.23. The summed E-state index contributed by atoms with van der Waals surface area (Å²) in [7, 11) is 3.89. The van der Waals surface area contributed by atoms with Crippen molar-refractivity contribution in [2.45, 2.75) is 25.9 Å². The minimum Gasteiger partial charge on any atom is -0.477 e. The van der Waals surface area contributed by atoms with Gasteiger partial charge in [0.15, 0.2) is 5.54 Å². The fourth-order valence-electron chi connectivity index (χ4n) is 1.50. The fraction of sp³-hybridized carbons (Fsp3) is 0.462. The number of likely N-dealkylation sites (N-methyl/N-ethyl adjacent to an activating group) is 1. The molecule has 0 heterocycles. The molecule has 16 heavy (non-hydrogen) atoms. The van der Waals surface area contributed by atoms with Crippen LogP contribution >= 0.6 is 0 Å². The van der Waals surface area contributed by atoms with Crippen molar-refractivity contribution in [3.63, 3.8) is 0 Å². The Morgan fingerprint density at radius 1 is 1.25 bits per heavy atom. The van der Waals surface area contributed by atoms with Gasteiger partial charge in [-0.05, 0) is 0 Å². The van der Waals surface area contributed by atoms with E-state index in [0.717, 1.165) is 5.56 Å². The lowest BCUT2D eigenvalue weighted by atomic mass is 9.99. The quantitative estimate of drug-likeness (QED) is 0.792. The standard InChI is InChI=1S/C13H19NO2/c1-13(2,12(15)16)14(3,4)10-11-8-6-5-7-9-11/h5-9H,10H2,1-4H3/p+1. The Balaban J connectivity index is 2.92. The van der Waals surface area contributed by atoms with Crippen LogP contribution in [-0.4, -0.2) is 35.2 Å². The molecular formula is C13H20NO2+. The van der Waals surface area contributed by atoms with E-state index in [9.17, 15) is 9.90 Å². The summed E-state index contributed by atoms with van der Waals surface area (Å²) in [5, 5.41) is 9.24. The number of nitrogens with zero attached hydrogens (tertiary/aromatic N) is 1. The molecule has 1 aromatic rings. The molecular weight excluding hydrogens is 202 g/mol. The summed E-state index contributed by atoms with van der Waals surface area (Å²) >= 11 is 0. The first-order valence-corrected chi connectivity index (χ1v) is 5.38. The molecule has 0 saturated carbocycles. The van der Waals surface area contributed by atoms with Gasteiger partial charge in [-0.1, -0.05) is 30.3 Å². The van der Waals surface area contributed by atoms with E-state index >= 15 is 0 Å². The lowest BCUT2D eigenvalue weighted by Crippen LogP contribution is -2.59. The molecule has 0 radical (unpaired) electrons. The number of benzene rings is 1. The van der Waals surface area contributed by atoms with Crippen LogP contribution in [0.15, 0.2) is 30.3 Å². The van der Waals surface area contributed by atoms with Crippen molar-refractivity contribution in [3.05, 3.63) is 35.9 Å². The van der Waals surface area contributed by atoms with Gasteiger partial charge in [0.2, 0.25) is 0 Å². The van der Waals surface area contributed by atoms with Gasteiger partial charge in [0.05, 0.1) is 14.1 Å². The first kappa shape index (κ1) is 12.7. The molecule has 88 valence electrons. The Labute approximate surface area is 96.9 Å². The molecule has 0 fully saturated rings. The fourth-order valence-corrected chi connectivity index (χ4v) is 1.50. The molecule has 3 nitrogen and oxygen atoms in total. The molecule has 1 N–H and O–H groups in total. The molecule has 0 amide bonds. The highest BCUT2D eigenvalue weighted by Gasteiger charge is 2.43. The van der Waals surface area contributed by atoms with Crippen molar-refractivity contribution in [2.75, 3.05) is 14.1 Å². The number of carbonyl (C=O) groups is 1. The summed E-state index contributed by atoms with van der Waals surface area (Å²) in [6.07, 6.45) is 0. The summed E-state index contributed by atoms with van der Waals surface area (Å²) in [5.74, 6) is -0.770. The van der Waals surface area contributed by atoms with Crippen LogP contribution in [0.4, 0.5) is 0 Å². The Hall–Kier alpha value is -1.35. The maximum Gasteiger partial charge on any atom is 0.365 e. The molecule has 0 aliphatic rings. The van der Waals surface area contributed by atoms with Crippen LogP contribution in [0.3, 0.4) is 0 Å². The summed E-state index contributed by atoms with van der Waals surface area (Å²) in [5.41, 5.74) is 0.359. The molecule has 0 aliphatic heterocycles. The van der Waals surface area contributed by atoms with Gasteiger partial charge in [-0.2, -0.15) is 0 Å². The lowest BCUT2D eigenvalue weighted by Gasteiger charge is -2.41. The van der Waals surface area contributed by atoms with Crippen molar-refractivity contribution in [3.8, 4) is 0 Å². The molecule has 0 aromatic heterocycles. The second kappa shape index (κ2) is 4.26. The largest absolute Gasteiger partial charge is 0.477 e. The number of quaternary nitrogens is 1. The number of carboxylic acid groups (broad SMARTS) is 1. The number of aliphatic carboxylic acids is 1. The summed E-state index contributed by atoms with van der Waals surface area (Å²) < 4.78 is 0.423. The summed E-state index contributed by atoms with van der Waals surface area (Å²) in [4.78, 5) is 11.2. The highest BCUT2D eigenvalue weighted by Crippen LogP contribution is 2.23. The minimum absolute atomic E-state index is 0.423. The monoisotopic (exact) mass is 222 g/mol. The average molecular weight is 222 g/mol. The molecule has 3 heteroatoms. The zero-order chi connectivity index (χ0) is 12.4. The molecule has 0 bridgehead atoms. The number of carboxylic acids is 1. The first-order chi connectivity index (χ1) is 7.27. The van der Waals surface area contributed by atoms with E-state index in [4.69, 9.17) is 0 Å². The first-order valence-electron chi connectivity index (χ1n) is 5.38. The second-order valence-electron chi connectivity index (χ2n) is 5.19. The Morgan fingerprint density at radius 3 is 2.19 bits per heavy atom. The van der Waals surface area contributed by atoms with Gasteiger partial charge in [-0.3, -0.25) is 0 Å². The van der Waals surface area contributed by atoms with E-state index in [2.05, 4.69) is 0 Å². The normalized spacial score (nSPS) is 12.5. The van der Waals surface area contributed by atoms with Crippen molar-refractivity contribution in [2.24, 2.45) is 0 Å². The van der Waals surface area contributed by atoms with Crippen molar-refractivity contribution >= 4 is 5.97 Å². The Bertz CT molecular complexity index is 369. The average Bonchev–Trinajstić information content (AvgIpc) is 2.18. The lowest BCUT2D eigenvalue weighted by molar-refractivity contribution is -0.940. The van der Waals surface area contributed by atoms with Crippen molar-refractivity contribution in [1.29, 1.82) is 0 Å². The SMILES string of the molecule is CC(C)(C(=O)O)[N+](C)(C)Cc1ccccc1. The minimum atomic E-state index is -0.796. The van der Waals surface area contributed by atoms with Gasteiger partial charge >= 0.3 is 5.97 Å². The topological polar surface area (TPSA) is 37.3 Å². The number of hydrogen-bond acceptors (Lipinski definition) is 1. The maximum absolute atomic E-state index is 11.2. The van der Waals surface area contributed by atoms with Gasteiger partial charge in [-0.25, -0.2) is 4.79 Å². The van der Waals surface area contributed by atoms with Gasteiger partial charge in [-0.15, -0.1) is 0 Å². The second-order valence-corrected chi connectivity index (χ2v) is 5.19. The number of hydrogen-bond donors (Lipinski definition) is 1. The van der Waals surface area contributed by atoms with Crippen LogP contribution in [0, 0.1) is 0 Å². The molecule has 0 aliphatic carbocycles. The van der Waals surface area contributed by atoms with Crippen molar-refractivity contribution < 1.29 is 14.4 Å². The van der Waals surface area contributed by atoms with E-state index in [1.54, 1.807) is 13.8 Å². The van der Waals surface area contributed by atoms with Gasteiger partial charge in [0.1, 0.15) is 6.54 Å². The van der Waals surface area contributed by atoms with Crippen LogP contribution in [0.1, 0.15) is 19.4 Å². The molecule has 0 spiro atoms. The predicted molar refractivity (Wildman–Crippen MR) is 64.0 cm³/mol. The zero-order valence-electron chi connectivity index (χ0n) is 10.4. The number of rotatable bonds is 4. The highest BCUT2D eigenvalue weighted by atomic mass is 16.4. The maximum atomic E-state index is 11.2. The molecule has 1 aromatic carbocycles. The van der Waals surface area contributed by atoms with E-state index in [1.165, 1.54) is 0 Å². The van der Waals surface area contributed by atoms with Crippen molar-refractivity contribution in [1.82, 2.24) is 0 Å². The third-order valence-electron chi connectivity index (χ3n) is 3.46. The predicted octanol–water partition coefficient (Wildman–Crippen LogP) is 2.13. The zero-order valence-corrected chi connectivity index (χ0v) is 10.4. The molecule has 1 rings (SSSR count). The molecule has 0 unspecified atom stereocenters. The molecule has 0 atom stereocenters. The Kier molecular flexibility index (Phi) is 3.38. The van der Waals surface area contributed by atoms with Crippen LogP contribution in [-0.2, 0) is 11.3 Å². The van der Waals surface area contributed by atoms with Gasteiger partial charge in [0, 0.05) is 19.4 Å². The summed E-state index contributed by atoms with van der Waals surface area (Å²) in [6, 6.07) is 9.97. The van der Waals surface area contributed by atoms with E-state index in [0.29, 0.717) is 11.0 Å². The third-order valence-corrected chi connectivity index (χ3v) is 3.46. The van der Waals surface area contributed by atoms with Gasteiger partial charge < -0.3 is 9.59 Å². The van der Waals surface area contributed by atoms with E-state index < -0.39 is 11.5 Å². The molecule has 0 saturated heterocycles. The highest BCUT2D eigenvalue weighted by molar-refractivity contribution is 5.76. The smallest absolute Gasteiger partial charge is 0.365 e. The van der Waals surface area contributed by atoms with Crippen LogP contribution in [0.25, 0.3) is 0 Å². The van der Waals surface area contributed by atoms with Crippen LogP contribution in [0.5, 0.6) is 0 Å². The van der Waals surface area contributed by atoms with Crippen LogP contribution in [0.2, 0.25) is 0 Å². The third kappa shape index (κ3) is 2.42.